The fraction of sp³-hybridized carbons (Fsp3) is 0.182. The van der Waals surface area contributed by atoms with Crippen LogP contribution in [0.2, 0.25) is 0 Å². The second-order valence-electron chi connectivity index (χ2n) is 3.99. The molecule has 0 fully saturated rings. The number of pyridine rings is 1. The molecule has 0 atom stereocenters. The third-order valence-electron chi connectivity index (χ3n) is 2.79. The number of aromatic nitrogens is 6. The van der Waals surface area contributed by atoms with Crippen molar-refractivity contribution >= 4 is 5.65 Å². The van der Waals surface area contributed by atoms with Crippen LogP contribution in [-0.2, 0) is 7.05 Å². The lowest BCUT2D eigenvalue weighted by atomic mass is 10.2. The quantitative estimate of drug-likeness (QED) is 0.609. The van der Waals surface area contributed by atoms with Crippen molar-refractivity contribution in [3.8, 4) is 11.4 Å². The third kappa shape index (κ3) is 1.41. The first-order valence-electron chi connectivity index (χ1n) is 5.38. The Morgan fingerprint density at radius 1 is 1.33 bits per heavy atom. The van der Waals surface area contributed by atoms with Crippen molar-refractivity contribution in [1.82, 2.24) is 29.6 Å². The van der Waals surface area contributed by atoms with Gasteiger partial charge in [0.05, 0.1) is 0 Å². The van der Waals surface area contributed by atoms with Gasteiger partial charge < -0.3 is 0 Å². The van der Waals surface area contributed by atoms with E-state index in [0.717, 1.165) is 5.56 Å². The lowest BCUT2D eigenvalue weighted by molar-refractivity contribution is 0.714. The van der Waals surface area contributed by atoms with Crippen LogP contribution in [0.5, 0.6) is 0 Å². The van der Waals surface area contributed by atoms with Crippen molar-refractivity contribution in [2.24, 2.45) is 7.05 Å². The molecular weight excluding hydrogens is 232 g/mol. The standard InChI is InChI=1S/C11H10N6O/c1-7-4-3-5-17-9(7)12-6-8(11(17)18)10-13-14-15-16(10)2/h3-6H,1-2H3. The smallest absolute Gasteiger partial charge is 0.268 e. The molecule has 3 rings (SSSR count). The molecule has 3 aromatic heterocycles. The van der Waals surface area contributed by atoms with E-state index in [1.807, 2.05) is 19.1 Å². The highest BCUT2D eigenvalue weighted by atomic mass is 16.1. The summed E-state index contributed by atoms with van der Waals surface area (Å²) in [5, 5.41) is 11.1. The Kier molecular flexibility index (Phi) is 2.19. The molecule has 0 aliphatic rings. The SMILES string of the molecule is Cc1cccn2c(=O)c(-c3nnnn3C)cnc12. The van der Waals surface area contributed by atoms with Crippen LogP contribution in [0.4, 0.5) is 0 Å². The summed E-state index contributed by atoms with van der Waals surface area (Å²) in [5.41, 5.74) is 1.78. The van der Waals surface area contributed by atoms with E-state index in [-0.39, 0.29) is 5.56 Å². The van der Waals surface area contributed by atoms with E-state index in [9.17, 15) is 4.79 Å². The first-order chi connectivity index (χ1) is 8.68. The summed E-state index contributed by atoms with van der Waals surface area (Å²) in [6.45, 7) is 1.91. The summed E-state index contributed by atoms with van der Waals surface area (Å²) < 4.78 is 2.94. The molecular formula is C11H10N6O. The maximum atomic E-state index is 12.3. The molecule has 0 spiro atoms. The van der Waals surface area contributed by atoms with E-state index in [2.05, 4.69) is 20.5 Å². The van der Waals surface area contributed by atoms with Gasteiger partial charge in [-0.05, 0) is 29.0 Å². The molecule has 0 N–H and O–H groups in total. The van der Waals surface area contributed by atoms with Crippen LogP contribution in [0, 0.1) is 6.92 Å². The molecule has 7 nitrogen and oxygen atoms in total. The fourth-order valence-electron chi connectivity index (χ4n) is 1.86. The molecule has 0 saturated heterocycles. The Morgan fingerprint density at radius 3 is 2.89 bits per heavy atom. The zero-order valence-corrected chi connectivity index (χ0v) is 9.90. The van der Waals surface area contributed by atoms with E-state index in [1.54, 1.807) is 13.2 Å². The highest BCUT2D eigenvalue weighted by Crippen LogP contribution is 2.11. The number of fused-ring (bicyclic) bond motifs is 1. The van der Waals surface area contributed by atoms with Gasteiger partial charge in [-0.25, -0.2) is 9.67 Å². The van der Waals surface area contributed by atoms with Gasteiger partial charge in [-0.15, -0.1) is 5.10 Å². The van der Waals surface area contributed by atoms with Crippen molar-refractivity contribution in [2.45, 2.75) is 6.92 Å². The zero-order valence-electron chi connectivity index (χ0n) is 9.90. The lowest BCUT2D eigenvalue weighted by Gasteiger charge is -2.04. The van der Waals surface area contributed by atoms with Crippen LogP contribution in [0.1, 0.15) is 5.56 Å². The van der Waals surface area contributed by atoms with Crippen LogP contribution < -0.4 is 5.56 Å². The third-order valence-corrected chi connectivity index (χ3v) is 2.79. The Balaban J connectivity index is 2.38. The maximum absolute atomic E-state index is 12.3. The van der Waals surface area contributed by atoms with Gasteiger partial charge in [0.2, 0.25) is 0 Å². The Morgan fingerprint density at radius 2 is 2.17 bits per heavy atom. The predicted octanol–water partition coefficient (Wildman–Crippen LogP) is 0.193. The van der Waals surface area contributed by atoms with E-state index >= 15 is 0 Å². The van der Waals surface area contributed by atoms with Crippen LogP contribution in [-0.4, -0.2) is 29.6 Å². The molecule has 0 saturated carbocycles. The first kappa shape index (κ1) is 10.6. The number of rotatable bonds is 1. The van der Waals surface area contributed by atoms with Gasteiger partial charge in [0.25, 0.3) is 5.56 Å². The molecule has 0 aliphatic heterocycles. The Bertz CT molecular complexity index is 788. The normalized spacial score (nSPS) is 11.0. The highest BCUT2D eigenvalue weighted by Gasteiger charge is 2.13. The zero-order chi connectivity index (χ0) is 12.7. The summed E-state index contributed by atoms with van der Waals surface area (Å²) in [6, 6.07) is 3.72. The minimum Gasteiger partial charge on any atom is -0.268 e. The molecule has 0 bridgehead atoms. The second kappa shape index (κ2) is 3.73. The number of aryl methyl sites for hydroxylation is 2. The summed E-state index contributed by atoms with van der Waals surface area (Å²) in [5.74, 6) is 0.406. The van der Waals surface area contributed by atoms with Crippen LogP contribution in [0.25, 0.3) is 17.0 Å². The Labute approximate surface area is 102 Å². The Hall–Kier alpha value is -2.57. The van der Waals surface area contributed by atoms with E-state index < -0.39 is 0 Å². The summed E-state index contributed by atoms with van der Waals surface area (Å²) in [6.07, 6.45) is 3.20. The van der Waals surface area contributed by atoms with E-state index in [0.29, 0.717) is 17.0 Å². The molecule has 3 heterocycles. The van der Waals surface area contributed by atoms with Gasteiger partial charge >= 0.3 is 0 Å². The molecule has 0 aliphatic carbocycles. The van der Waals surface area contributed by atoms with E-state index in [1.165, 1.54) is 15.3 Å². The minimum atomic E-state index is -0.179. The highest BCUT2D eigenvalue weighted by molar-refractivity contribution is 5.56. The predicted molar refractivity (Wildman–Crippen MR) is 64.0 cm³/mol. The summed E-state index contributed by atoms with van der Waals surface area (Å²) in [4.78, 5) is 16.6. The lowest BCUT2D eigenvalue weighted by Crippen LogP contribution is -2.18. The van der Waals surface area contributed by atoms with Crippen molar-refractivity contribution < 1.29 is 0 Å². The molecule has 18 heavy (non-hydrogen) atoms. The molecule has 3 aromatic rings. The van der Waals surface area contributed by atoms with Crippen LogP contribution in [0.3, 0.4) is 0 Å². The monoisotopic (exact) mass is 242 g/mol. The van der Waals surface area contributed by atoms with E-state index in [4.69, 9.17) is 0 Å². The van der Waals surface area contributed by atoms with Gasteiger partial charge in [0.1, 0.15) is 11.2 Å². The summed E-state index contributed by atoms with van der Waals surface area (Å²) >= 11 is 0. The van der Waals surface area contributed by atoms with Gasteiger partial charge in [-0.1, -0.05) is 6.07 Å². The summed E-state index contributed by atoms with van der Waals surface area (Å²) in [7, 11) is 1.68. The van der Waals surface area contributed by atoms with Crippen molar-refractivity contribution in [3.63, 3.8) is 0 Å². The van der Waals surface area contributed by atoms with Crippen molar-refractivity contribution in [1.29, 1.82) is 0 Å². The van der Waals surface area contributed by atoms with Gasteiger partial charge in [0.15, 0.2) is 5.82 Å². The number of hydrogen-bond donors (Lipinski definition) is 0. The molecule has 0 unspecified atom stereocenters. The largest absolute Gasteiger partial charge is 0.269 e. The topological polar surface area (TPSA) is 78.0 Å². The number of tetrazole rings is 1. The molecule has 0 amide bonds. The number of nitrogens with zero attached hydrogens (tertiary/aromatic N) is 6. The van der Waals surface area contributed by atoms with Crippen molar-refractivity contribution in [2.75, 3.05) is 0 Å². The average molecular weight is 242 g/mol. The van der Waals surface area contributed by atoms with Gasteiger partial charge in [0, 0.05) is 19.4 Å². The molecule has 7 heteroatoms. The maximum Gasteiger partial charge on any atom is 0.269 e. The molecule has 0 aromatic carbocycles. The first-order valence-corrected chi connectivity index (χ1v) is 5.38. The second-order valence-corrected chi connectivity index (χ2v) is 3.99. The van der Waals surface area contributed by atoms with Gasteiger partial charge in [-0.2, -0.15) is 0 Å². The van der Waals surface area contributed by atoms with Crippen molar-refractivity contribution in [3.05, 3.63) is 40.4 Å². The average Bonchev–Trinajstić information content (AvgIpc) is 2.77. The molecule has 90 valence electrons. The minimum absolute atomic E-state index is 0.179. The van der Waals surface area contributed by atoms with Crippen LogP contribution in [0.15, 0.2) is 29.3 Å². The fourth-order valence-corrected chi connectivity index (χ4v) is 1.86. The number of hydrogen-bond acceptors (Lipinski definition) is 5. The van der Waals surface area contributed by atoms with Crippen LogP contribution >= 0.6 is 0 Å². The van der Waals surface area contributed by atoms with Gasteiger partial charge in [-0.3, -0.25) is 9.20 Å². The molecule has 0 radical (unpaired) electrons.